The fourth-order valence-electron chi connectivity index (χ4n) is 2.13. The number of nitro benzene ring substituents is 1. The van der Waals surface area contributed by atoms with Crippen molar-refractivity contribution in [3.8, 4) is 5.75 Å². The smallest absolute Gasteiger partial charge is 0.311 e. The van der Waals surface area contributed by atoms with E-state index in [0.717, 1.165) is 17.1 Å². The number of rotatable bonds is 3. The van der Waals surface area contributed by atoms with Crippen LogP contribution in [0.4, 0.5) is 11.4 Å². The number of ether oxygens (including phenoxy) is 1. The Bertz CT molecular complexity index is 518. The second kappa shape index (κ2) is 5.23. The van der Waals surface area contributed by atoms with E-state index in [1.807, 2.05) is 0 Å². The maximum absolute atomic E-state index is 11.7. The number of nitro groups is 1. The first kappa shape index (κ1) is 13.3. The number of benzene rings is 1. The number of hydrogen-bond acceptors (Lipinski definition) is 4. The standard InChI is InChI=1S/C12H15N3O4/c1-13-5-6-14(8-12(13)16)9-3-4-10(15(17)18)11(7-9)19-2/h3-4,7H,5-6,8H2,1-2H3/p+1. The molecule has 0 spiro atoms. The van der Waals surface area contributed by atoms with Crippen molar-refractivity contribution in [3.63, 3.8) is 0 Å². The van der Waals surface area contributed by atoms with Gasteiger partial charge in [0, 0.05) is 25.2 Å². The van der Waals surface area contributed by atoms with E-state index >= 15 is 0 Å². The fraction of sp³-hybridized carbons (Fsp3) is 0.417. The van der Waals surface area contributed by atoms with Gasteiger partial charge < -0.3 is 9.64 Å². The Hall–Kier alpha value is -2.15. The third-order valence-corrected chi connectivity index (χ3v) is 3.32. The Morgan fingerprint density at radius 3 is 2.79 bits per heavy atom. The van der Waals surface area contributed by atoms with Crippen LogP contribution in [0.1, 0.15) is 0 Å². The summed E-state index contributed by atoms with van der Waals surface area (Å²) in [7, 11) is 3.17. The number of carbonyl (C=O) groups is 1. The third-order valence-electron chi connectivity index (χ3n) is 3.32. The van der Waals surface area contributed by atoms with Gasteiger partial charge >= 0.3 is 5.69 Å². The Labute approximate surface area is 110 Å². The number of amides is 1. The summed E-state index contributed by atoms with van der Waals surface area (Å²) in [6.07, 6.45) is 0. The highest BCUT2D eigenvalue weighted by atomic mass is 16.6. The Morgan fingerprint density at radius 1 is 1.47 bits per heavy atom. The van der Waals surface area contributed by atoms with Crippen molar-refractivity contribution >= 4 is 17.3 Å². The lowest BCUT2D eigenvalue weighted by molar-refractivity contribution is -0.827. The number of methoxy groups -OCH3 is 1. The molecular weight excluding hydrogens is 250 g/mol. The molecule has 19 heavy (non-hydrogen) atoms. The number of piperazine rings is 1. The molecule has 0 aromatic heterocycles. The summed E-state index contributed by atoms with van der Waals surface area (Å²) in [5, 5.41) is 10.8. The van der Waals surface area contributed by atoms with E-state index in [2.05, 4.69) is 0 Å². The van der Waals surface area contributed by atoms with Crippen molar-refractivity contribution < 1.29 is 19.4 Å². The molecule has 1 atom stereocenters. The normalized spacial score (nSPS) is 19.4. The molecule has 1 amide bonds. The lowest BCUT2D eigenvalue weighted by Gasteiger charge is -2.28. The van der Waals surface area contributed by atoms with Gasteiger partial charge in [-0.05, 0) is 0 Å². The van der Waals surface area contributed by atoms with E-state index < -0.39 is 4.92 Å². The molecule has 1 unspecified atom stereocenters. The van der Waals surface area contributed by atoms with E-state index in [9.17, 15) is 14.9 Å². The molecule has 1 heterocycles. The molecule has 0 bridgehead atoms. The fourth-order valence-corrected chi connectivity index (χ4v) is 2.13. The number of nitrogens with zero attached hydrogens (tertiary/aromatic N) is 2. The van der Waals surface area contributed by atoms with Crippen LogP contribution < -0.4 is 9.64 Å². The summed E-state index contributed by atoms with van der Waals surface area (Å²) < 4.78 is 5.04. The highest BCUT2D eigenvalue weighted by Crippen LogP contribution is 2.28. The first-order chi connectivity index (χ1) is 9.02. The minimum Gasteiger partial charge on any atom is -0.490 e. The van der Waals surface area contributed by atoms with Crippen LogP contribution in [-0.4, -0.2) is 49.5 Å². The number of quaternary nitrogens is 1. The van der Waals surface area contributed by atoms with Crippen LogP contribution in [0, 0.1) is 10.1 Å². The molecule has 1 N–H and O–H groups in total. The zero-order valence-corrected chi connectivity index (χ0v) is 10.9. The van der Waals surface area contributed by atoms with Gasteiger partial charge in [0.2, 0.25) is 5.75 Å². The van der Waals surface area contributed by atoms with E-state index in [1.54, 1.807) is 24.1 Å². The summed E-state index contributed by atoms with van der Waals surface area (Å²) >= 11 is 0. The third kappa shape index (κ3) is 2.65. The monoisotopic (exact) mass is 266 g/mol. The molecule has 7 heteroatoms. The lowest BCUT2D eigenvalue weighted by Crippen LogP contribution is -3.11. The van der Waals surface area contributed by atoms with Gasteiger partial charge in [-0.3, -0.25) is 19.8 Å². The topological polar surface area (TPSA) is 77.1 Å². The summed E-state index contributed by atoms with van der Waals surface area (Å²) in [6, 6.07) is 4.73. The minimum absolute atomic E-state index is 0.0638. The number of carbonyl (C=O) groups excluding carboxylic acids is 1. The molecule has 1 saturated heterocycles. The van der Waals surface area contributed by atoms with Crippen molar-refractivity contribution in [2.75, 3.05) is 33.8 Å². The van der Waals surface area contributed by atoms with Gasteiger partial charge in [-0.15, -0.1) is 0 Å². The van der Waals surface area contributed by atoms with Crippen molar-refractivity contribution in [3.05, 3.63) is 28.3 Å². The molecule has 0 aliphatic carbocycles. The molecule has 2 rings (SSSR count). The lowest BCUT2D eigenvalue weighted by atomic mass is 10.2. The predicted molar refractivity (Wildman–Crippen MR) is 67.6 cm³/mol. The summed E-state index contributed by atoms with van der Waals surface area (Å²) in [6.45, 7) is 1.81. The van der Waals surface area contributed by atoms with Crippen molar-refractivity contribution in [1.29, 1.82) is 0 Å². The highest BCUT2D eigenvalue weighted by molar-refractivity contribution is 5.77. The Morgan fingerprint density at radius 2 is 2.21 bits per heavy atom. The van der Waals surface area contributed by atoms with Gasteiger partial charge in [-0.1, -0.05) is 0 Å². The number of likely N-dealkylation sites (N-methyl/N-ethyl adjacent to an activating group) is 1. The van der Waals surface area contributed by atoms with Crippen LogP contribution in [0.15, 0.2) is 18.2 Å². The quantitative estimate of drug-likeness (QED) is 0.596. The first-order valence-electron chi connectivity index (χ1n) is 5.94. The van der Waals surface area contributed by atoms with Crippen molar-refractivity contribution in [2.24, 2.45) is 0 Å². The molecule has 7 nitrogen and oxygen atoms in total. The Kier molecular flexibility index (Phi) is 3.66. The van der Waals surface area contributed by atoms with E-state index in [1.165, 1.54) is 13.2 Å². The van der Waals surface area contributed by atoms with Gasteiger partial charge in [0.15, 0.2) is 6.54 Å². The van der Waals surface area contributed by atoms with Crippen LogP contribution in [0.2, 0.25) is 0 Å². The largest absolute Gasteiger partial charge is 0.490 e. The molecule has 102 valence electrons. The van der Waals surface area contributed by atoms with Crippen LogP contribution in [-0.2, 0) is 4.79 Å². The zero-order chi connectivity index (χ0) is 14.0. The molecule has 1 aliphatic rings. The van der Waals surface area contributed by atoms with Crippen molar-refractivity contribution in [2.45, 2.75) is 0 Å². The van der Waals surface area contributed by atoms with Gasteiger partial charge in [-0.2, -0.15) is 0 Å². The molecule has 1 aromatic rings. The summed E-state index contributed by atoms with van der Waals surface area (Å²) in [4.78, 5) is 24.7. The highest BCUT2D eigenvalue weighted by Gasteiger charge is 2.27. The van der Waals surface area contributed by atoms with Crippen LogP contribution in [0.3, 0.4) is 0 Å². The summed E-state index contributed by atoms with van der Waals surface area (Å²) in [5.74, 6) is 0.292. The van der Waals surface area contributed by atoms with Crippen LogP contribution in [0.25, 0.3) is 0 Å². The minimum atomic E-state index is -0.479. The van der Waals surface area contributed by atoms with E-state index in [4.69, 9.17) is 4.74 Å². The Balaban J connectivity index is 2.26. The van der Waals surface area contributed by atoms with Gasteiger partial charge in [0.25, 0.3) is 5.91 Å². The molecule has 0 saturated carbocycles. The van der Waals surface area contributed by atoms with Gasteiger partial charge in [0.1, 0.15) is 5.69 Å². The van der Waals surface area contributed by atoms with Crippen LogP contribution in [0.5, 0.6) is 5.75 Å². The summed E-state index contributed by atoms with van der Waals surface area (Å²) in [5.41, 5.74) is 0.773. The van der Waals surface area contributed by atoms with E-state index in [0.29, 0.717) is 13.1 Å². The SMILES string of the molecule is COc1cc([NH+]2CCN(C)C(=O)C2)ccc1[N+](=O)[O-]. The maximum Gasteiger partial charge on any atom is 0.311 e. The second-order valence-electron chi connectivity index (χ2n) is 4.49. The number of nitrogens with one attached hydrogen (secondary N) is 1. The van der Waals surface area contributed by atoms with E-state index in [-0.39, 0.29) is 17.3 Å². The zero-order valence-electron chi connectivity index (χ0n) is 10.9. The average Bonchev–Trinajstić information content (AvgIpc) is 2.41. The average molecular weight is 266 g/mol. The molecular formula is C12H16N3O4+. The molecule has 1 aliphatic heterocycles. The molecule has 0 radical (unpaired) electrons. The molecule has 1 aromatic carbocycles. The predicted octanol–water partition coefficient (Wildman–Crippen LogP) is -0.408. The van der Waals surface area contributed by atoms with Crippen LogP contribution >= 0.6 is 0 Å². The van der Waals surface area contributed by atoms with Crippen molar-refractivity contribution in [1.82, 2.24) is 4.90 Å². The maximum atomic E-state index is 11.7. The number of hydrogen-bond donors (Lipinski definition) is 1. The van der Waals surface area contributed by atoms with Gasteiger partial charge in [-0.25, -0.2) is 0 Å². The first-order valence-corrected chi connectivity index (χ1v) is 5.94. The van der Waals surface area contributed by atoms with Gasteiger partial charge in [0.05, 0.1) is 25.1 Å². The molecule has 1 fully saturated rings. The second-order valence-corrected chi connectivity index (χ2v) is 4.49.